The molecule has 12 heavy (non-hydrogen) atoms. The first-order valence-corrected chi connectivity index (χ1v) is 4.79. The van der Waals surface area contributed by atoms with Crippen molar-refractivity contribution < 1.29 is 9.53 Å². The van der Waals surface area contributed by atoms with Gasteiger partial charge in [-0.15, -0.1) is 0 Å². The van der Waals surface area contributed by atoms with Crippen LogP contribution in [-0.2, 0) is 9.53 Å². The maximum atomic E-state index is 10.2. The third kappa shape index (κ3) is 16.3. The summed E-state index contributed by atoms with van der Waals surface area (Å²) in [4.78, 5) is 10.2. The number of esters is 1. The predicted octanol–water partition coefficient (Wildman–Crippen LogP) is -0.600. The van der Waals surface area contributed by atoms with E-state index < -0.39 is 0 Å². The molecule has 2 nitrogen and oxygen atoms in total. The molecule has 0 aromatic carbocycles. The molecule has 0 saturated carbocycles. The van der Waals surface area contributed by atoms with Crippen molar-refractivity contribution in [2.24, 2.45) is 0 Å². The number of carbonyl (C=O) groups is 1. The van der Waals surface area contributed by atoms with Gasteiger partial charge in [-0.25, -0.2) is 0 Å². The molecule has 0 fully saturated rings. The Morgan fingerprint density at radius 3 is 2.25 bits per heavy atom. The fraction of sp³-hybridized carbons (Fsp3) is 0.857. The SMILES string of the molecule is BBCCB.CCCC(=O)OC. The summed E-state index contributed by atoms with van der Waals surface area (Å²) in [5.74, 6) is -0.123. The van der Waals surface area contributed by atoms with Gasteiger partial charge in [0.25, 0.3) is 0 Å². The van der Waals surface area contributed by atoms with Crippen LogP contribution in [0.25, 0.3) is 0 Å². The Morgan fingerprint density at radius 1 is 1.58 bits per heavy atom. The van der Waals surface area contributed by atoms with E-state index in [2.05, 4.69) is 20.3 Å². The standard InChI is InChI=1S/C5H10O2.C2H9B3/c1-3-4-5(6)7-2;3-1-2-5-4/h3-4H2,1-2H3;5H,1-4H2. The van der Waals surface area contributed by atoms with Crippen molar-refractivity contribution in [3.05, 3.63) is 0 Å². The lowest BCUT2D eigenvalue weighted by atomic mass is 9.52. The summed E-state index contributed by atoms with van der Waals surface area (Å²) in [6, 6.07) is 0. The third-order valence-corrected chi connectivity index (χ3v) is 1.39. The van der Waals surface area contributed by atoms with Gasteiger partial charge in [-0.3, -0.25) is 4.79 Å². The molecule has 5 heteroatoms. The first-order chi connectivity index (χ1) is 5.72. The lowest BCUT2D eigenvalue weighted by Crippen LogP contribution is -1.97. The summed E-state index contributed by atoms with van der Waals surface area (Å²) < 4.78 is 4.35. The minimum atomic E-state index is -0.123. The van der Waals surface area contributed by atoms with Gasteiger partial charge in [0.2, 0.25) is 0 Å². The van der Waals surface area contributed by atoms with Gasteiger partial charge in [-0.05, 0) is 6.42 Å². The molecule has 0 aliphatic rings. The average Bonchev–Trinajstić information content (AvgIpc) is 2.07. The number of ether oxygens (including phenoxy) is 1. The monoisotopic (exact) mass is 168 g/mol. The molecule has 0 bridgehead atoms. The Bertz CT molecular complexity index is 96.7. The lowest BCUT2D eigenvalue weighted by molar-refractivity contribution is -0.140. The lowest BCUT2D eigenvalue weighted by Gasteiger charge is -1.91. The molecule has 0 rings (SSSR count). The molecule has 0 radical (unpaired) electrons. The van der Waals surface area contributed by atoms with Crippen LogP contribution in [0.15, 0.2) is 0 Å². The van der Waals surface area contributed by atoms with Gasteiger partial charge in [0.1, 0.15) is 0 Å². The van der Waals surface area contributed by atoms with E-state index in [0.717, 1.165) is 6.42 Å². The van der Waals surface area contributed by atoms with Crippen LogP contribution >= 0.6 is 0 Å². The number of rotatable bonds is 4. The molecule has 0 spiro atoms. The fourth-order valence-corrected chi connectivity index (χ4v) is 0.660. The zero-order valence-corrected chi connectivity index (χ0v) is 8.85. The van der Waals surface area contributed by atoms with E-state index in [-0.39, 0.29) is 5.97 Å². The molecule has 68 valence electrons. The van der Waals surface area contributed by atoms with Gasteiger partial charge in [-0.1, -0.05) is 19.6 Å². The van der Waals surface area contributed by atoms with Crippen molar-refractivity contribution in [2.75, 3.05) is 7.11 Å². The third-order valence-electron chi connectivity index (χ3n) is 1.39. The van der Waals surface area contributed by atoms with Crippen molar-refractivity contribution in [3.63, 3.8) is 0 Å². The fourth-order valence-electron chi connectivity index (χ4n) is 0.660. The Kier molecular flexibility index (Phi) is 15.7. The van der Waals surface area contributed by atoms with Crippen LogP contribution in [0.5, 0.6) is 0 Å². The summed E-state index contributed by atoms with van der Waals surface area (Å²) >= 11 is 0. The molecule has 0 amide bonds. The molecule has 0 aromatic rings. The Morgan fingerprint density at radius 2 is 2.17 bits per heavy atom. The number of methoxy groups -OCH3 is 1. The van der Waals surface area contributed by atoms with Crippen molar-refractivity contribution in [1.29, 1.82) is 0 Å². The number of carbonyl (C=O) groups excluding carboxylic acids is 1. The molecule has 0 atom stereocenters. The minimum absolute atomic E-state index is 0.123. The molecule has 0 heterocycles. The van der Waals surface area contributed by atoms with Gasteiger partial charge in [-0.2, -0.15) is 0 Å². The van der Waals surface area contributed by atoms with Crippen LogP contribution in [0.1, 0.15) is 19.8 Å². The maximum absolute atomic E-state index is 10.2. The first kappa shape index (κ1) is 14.2. The van der Waals surface area contributed by atoms with Crippen molar-refractivity contribution in [2.45, 2.75) is 32.4 Å². The molecule has 0 unspecified atom stereocenters. The zero-order chi connectivity index (χ0) is 9.82. The summed E-state index contributed by atoms with van der Waals surface area (Å²) in [6.07, 6.45) is 4.14. The smallest absolute Gasteiger partial charge is 0.305 e. The molecule has 0 aliphatic carbocycles. The molecule has 0 aromatic heterocycles. The highest BCUT2D eigenvalue weighted by molar-refractivity contribution is 6.89. The quantitative estimate of drug-likeness (QED) is 0.413. The average molecular weight is 168 g/mol. The van der Waals surface area contributed by atoms with E-state index in [0.29, 0.717) is 6.42 Å². The van der Waals surface area contributed by atoms with Crippen molar-refractivity contribution in [1.82, 2.24) is 0 Å². The highest BCUT2D eigenvalue weighted by atomic mass is 16.5. The highest BCUT2D eigenvalue weighted by Crippen LogP contribution is 1.86. The number of hydrogen-bond acceptors (Lipinski definition) is 2. The van der Waals surface area contributed by atoms with Crippen LogP contribution in [-0.4, -0.2) is 35.8 Å². The molecule has 0 saturated heterocycles. The van der Waals surface area contributed by atoms with Gasteiger partial charge in [0.15, 0.2) is 0 Å². The topological polar surface area (TPSA) is 26.3 Å². The Balaban J connectivity index is 0. The second-order valence-electron chi connectivity index (χ2n) is 2.68. The van der Waals surface area contributed by atoms with Gasteiger partial charge in [0.05, 0.1) is 29.9 Å². The second kappa shape index (κ2) is 13.3. The first-order valence-electron chi connectivity index (χ1n) is 4.79. The highest BCUT2D eigenvalue weighted by Gasteiger charge is 1.92. The van der Waals surface area contributed by atoms with Crippen LogP contribution in [0.2, 0.25) is 12.6 Å². The molecular formula is C7H19B3O2. The predicted molar refractivity (Wildman–Crippen MR) is 60.8 cm³/mol. The molecule has 0 aliphatic heterocycles. The summed E-state index contributed by atoms with van der Waals surface area (Å²) in [6.45, 7) is 1.94. The van der Waals surface area contributed by atoms with Gasteiger partial charge in [0, 0.05) is 6.42 Å². The Hall–Kier alpha value is -0.335. The van der Waals surface area contributed by atoms with Crippen molar-refractivity contribution >= 4 is 28.7 Å². The van der Waals surface area contributed by atoms with Crippen molar-refractivity contribution in [3.8, 4) is 0 Å². The molecular weight excluding hydrogens is 149 g/mol. The minimum Gasteiger partial charge on any atom is -0.469 e. The summed E-state index contributed by atoms with van der Waals surface area (Å²) in [5, 5.41) is 0. The van der Waals surface area contributed by atoms with Crippen LogP contribution in [0.4, 0.5) is 0 Å². The normalized spacial score (nSPS) is 7.83. The zero-order valence-electron chi connectivity index (χ0n) is 8.85. The summed E-state index contributed by atoms with van der Waals surface area (Å²) in [7, 11) is 7.17. The van der Waals surface area contributed by atoms with E-state index in [1.165, 1.54) is 26.9 Å². The second-order valence-corrected chi connectivity index (χ2v) is 2.68. The van der Waals surface area contributed by atoms with Crippen LogP contribution in [0.3, 0.4) is 0 Å². The van der Waals surface area contributed by atoms with Crippen LogP contribution < -0.4 is 0 Å². The van der Waals surface area contributed by atoms with E-state index in [1.807, 2.05) is 6.92 Å². The van der Waals surface area contributed by atoms with E-state index in [1.54, 1.807) is 0 Å². The van der Waals surface area contributed by atoms with E-state index in [4.69, 9.17) is 0 Å². The summed E-state index contributed by atoms with van der Waals surface area (Å²) in [5.41, 5.74) is 0. The molecule has 0 N–H and O–H groups in total. The van der Waals surface area contributed by atoms with Crippen LogP contribution in [0, 0.1) is 0 Å². The largest absolute Gasteiger partial charge is 0.469 e. The number of hydrogen-bond donors (Lipinski definition) is 0. The van der Waals surface area contributed by atoms with E-state index >= 15 is 0 Å². The maximum Gasteiger partial charge on any atom is 0.305 e. The Labute approximate surface area is 78.5 Å². The van der Waals surface area contributed by atoms with Gasteiger partial charge >= 0.3 is 5.97 Å². The van der Waals surface area contributed by atoms with Gasteiger partial charge < -0.3 is 4.74 Å². The van der Waals surface area contributed by atoms with E-state index in [9.17, 15) is 4.79 Å².